The molecule has 0 aromatic carbocycles. The van der Waals surface area contributed by atoms with E-state index in [1.54, 1.807) is 0 Å². The lowest BCUT2D eigenvalue weighted by Gasteiger charge is -2.04. The average Bonchev–Trinajstić information content (AvgIpc) is 1.98. The van der Waals surface area contributed by atoms with Crippen molar-refractivity contribution in [3.8, 4) is 0 Å². The normalized spacial score (nSPS) is 12.5. The van der Waals surface area contributed by atoms with Gasteiger partial charge < -0.3 is 10.8 Å². The maximum Gasteiger partial charge on any atom is 0.303 e. The van der Waals surface area contributed by atoms with Gasteiger partial charge in [0, 0.05) is 6.42 Å². The molecule has 3 N–H and O–H groups in total. The largest absolute Gasteiger partial charge is 0.481 e. The Labute approximate surface area is 63.2 Å². The number of carboxylic acid groups (broad SMARTS) is 1. The minimum absolute atomic E-state index is 0.00190. The van der Waals surface area contributed by atoms with E-state index in [0.717, 1.165) is 0 Å². The zero-order valence-electron chi connectivity index (χ0n) is 5.92. The van der Waals surface area contributed by atoms with E-state index in [1.807, 2.05) is 0 Å². The van der Waals surface area contributed by atoms with E-state index in [2.05, 4.69) is 0 Å². The van der Waals surface area contributed by atoms with E-state index in [9.17, 15) is 14.0 Å². The molecule has 1 atom stereocenters. The van der Waals surface area contributed by atoms with E-state index in [4.69, 9.17) is 10.8 Å². The average molecular weight is 163 g/mol. The Morgan fingerprint density at radius 3 is 2.45 bits per heavy atom. The smallest absolute Gasteiger partial charge is 0.303 e. The first-order valence-electron chi connectivity index (χ1n) is 3.14. The number of nitrogens with two attached hydrogens (primary N) is 1. The minimum Gasteiger partial charge on any atom is -0.481 e. The Morgan fingerprint density at radius 1 is 1.55 bits per heavy atom. The van der Waals surface area contributed by atoms with E-state index >= 15 is 0 Å². The van der Waals surface area contributed by atoms with Crippen LogP contribution in [0.4, 0.5) is 4.39 Å². The molecule has 4 nitrogen and oxygen atoms in total. The Balaban J connectivity index is 3.60. The van der Waals surface area contributed by atoms with Crippen molar-refractivity contribution in [2.75, 3.05) is 6.67 Å². The van der Waals surface area contributed by atoms with Crippen LogP contribution in [0.5, 0.6) is 0 Å². The summed E-state index contributed by atoms with van der Waals surface area (Å²) in [5, 5.41) is 8.16. The summed E-state index contributed by atoms with van der Waals surface area (Å²) in [5.41, 5.74) is 5.12. The van der Waals surface area contributed by atoms with Crippen molar-refractivity contribution in [2.24, 2.45) is 5.73 Å². The fraction of sp³-hybridized carbons (Fsp3) is 0.667. The lowest BCUT2D eigenvalue weighted by Crippen LogP contribution is -2.32. The summed E-state index contributed by atoms with van der Waals surface area (Å²) in [4.78, 5) is 20.4. The third-order valence-corrected chi connectivity index (χ3v) is 1.21. The summed E-state index contributed by atoms with van der Waals surface area (Å²) < 4.78 is 11.6. The molecule has 5 heteroatoms. The number of carbonyl (C=O) groups excluding carboxylic acids is 1. The van der Waals surface area contributed by atoms with Gasteiger partial charge in [0.25, 0.3) is 0 Å². The third-order valence-electron chi connectivity index (χ3n) is 1.21. The number of ketones is 1. The maximum atomic E-state index is 11.6. The maximum absolute atomic E-state index is 11.6. The molecule has 0 aliphatic rings. The molecule has 0 radical (unpaired) electrons. The minimum atomic E-state index is -1.12. The molecule has 0 aromatic rings. The lowest BCUT2D eigenvalue weighted by molar-refractivity contribution is -0.137. The van der Waals surface area contributed by atoms with Gasteiger partial charge in [-0.2, -0.15) is 0 Å². The van der Waals surface area contributed by atoms with Crippen LogP contribution in [0.25, 0.3) is 0 Å². The Morgan fingerprint density at radius 2 is 2.09 bits per heavy atom. The third kappa shape index (κ3) is 4.44. The Hall–Kier alpha value is -0.970. The van der Waals surface area contributed by atoms with Gasteiger partial charge in [0.1, 0.15) is 6.67 Å². The standard InChI is InChI=1S/C6H10FNO3/c7-3-5(9)4(8)1-2-6(10)11/h4H,1-3,8H2,(H,10,11). The molecule has 64 valence electrons. The topological polar surface area (TPSA) is 80.4 Å². The van der Waals surface area contributed by atoms with E-state index in [1.165, 1.54) is 0 Å². The summed E-state index contributed by atoms with van der Waals surface area (Å²) in [5.74, 6) is -1.78. The van der Waals surface area contributed by atoms with Crippen LogP contribution in [-0.2, 0) is 9.59 Å². The molecule has 0 fully saturated rings. The van der Waals surface area contributed by atoms with Crippen LogP contribution in [0.15, 0.2) is 0 Å². The number of carboxylic acids is 1. The van der Waals surface area contributed by atoms with E-state index in [-0.39, 0.29) is 12.8 Å². The second kappa shape index (κ2) is 4.79. The summed E-state index contributed by atoms with van der Waals surface area (Å²) in [6.45, 7) is -1.12. The van der Waals surface area contributed by atoms with Gasteiger partial charge in [-0.05, 0) is 6.42 Å². The van der Waals surface area contributed by atoms with Gasteiger partial charge in [-0.1, -0.05) is 0 Å². The number of halogens is 1. The molecule has 0 aliphatic carbocycles. The molecule has 0 aromatic heterocycles. The van der Waals surface area contributed by atoms with Crippen LogP contribution in [-0.4, -0.2) is 29.6 Å². The zero-order valence-corrected chi connectivity index (χ0v) is 5.92. The Bertz CT molecular complexity index is 160. The monoisotopic (exact) mass is 163 g/mol. The predicted molar refractivity (Wildman–Crippen MR) is 35.8 cm³/mol. The molecular formula is C6H10FNO3. The van der Waals surface area contributed by atoms with Crippen LogP contribution >= 0.6 is 0 Å². The highest BCUT2D eigenvalue weighted by molar-refractivity contribution is 5.85. The van der Waals surface area contributed by atoms with Gasteiger partial charge in [-0.25, -0.2) is 4.39 Å². The molecule has 0 heterocycles. The predicted octanol–water partition coefficient (Wildman–Crippen LogP) is -0.283. The first kappa shape index (κ1) is 10.0. The van der Waals surface area contributed by atoms with Gasteiger partial charge in [0.2, 0.25) is 0 Å². The van der Waals surface area contributed by atoms with Gasteiger partial charge in [-0.15, -0.1) is 0 Å². The number of hydrogen-bond acceptors (Lipinski definition) is 3. The van der Waals surface area contributed by atoms with Crippen LogP contribution < -0.4 is 5.73 Å². The van der Waals surface area contributed by atoms with Crippen LogP contribution in [0.3, 0.4) is 0 Å². The number of carbonyl (C=O) groups is 2. The second-order valence-corrected chi connectivity index (χ2v) is 2.14. The van der Waals surface area contributed by atoms with Crippen molar-refractivity contribution < 1.29 is 19.1 Å². The highest BCUT2D eigenvalue weighted by atomic mass is 19.1. The molecule has 0 aliphatic heterocycles. The molecule has 0 spiro atoms. The number of rotatable bonds is 5. The van der Waals surface area contributed by atoms with Gasteiger partial charge >= 0.3 is 5.97 Å². The van der Waals surface area contributed by atoms with Crippen molar-refractivity contribution >= 4 is 11.8 Å². The van der Waals surface area contributed by atoms with Gasteiger partial charge in [0.15, 0.2) is 5.78 Å². The summed E-state index contributed by atoms with van der Waals surface area (Å²) >= 11 is 0. The van der Waals surface area contributed by atoms with Crippen LogP contribution in [0.1, 0.15) is 12.8 Å². The van der Waals surface area contributed by atoms with Crippen molar-refractivity contribution in [1.29, 1.82) is 0 Å². The quantitative estimate of drug-likeness (QED) is 0.584. The van der Waals surface area contributed by atoms with E-state index in [0.29, 0.717) is 0 Å². The molecular weight excluding hydrogens is 153 g/mol. The molecule has 1 unspecified atom stereocenters. The van der Waals surface area contributed by atoms with Crippen molar-refractivity contribution in [3.63, 3.8) is 0 Å². The second-order valence-electron chi connectivity index (χ2n) is 2.14. The molecule has 0 saturated heterocycles. The summed E-state index contributed by atoms with van der Waals surface area (Å²) in [7, 11) is 0. The first-order chi connectivity index (χ1) is 5.07. The fourth-order valence-electron chi connectivity index (χ4n) is 0.539. The summed E-state index contributed by atoms with van der Waals surface area (Å²) in [6, 6.07) is -0.976. The highest BCUT2D eigenvalue weighted by Crippen LogP contribution is 1.96. The fourth-order valence-corrected chi connectivity index (χ4v) is 0.539. The van der Waals surface area contributed by atoms with Crippen molar-refractivity contribution in [2.45, 2.75) is 18.9 Å². The molecule has 0 amide bonds. The van der Waals surface area contributed by atoms with Crippen molar-refractivity contribution in [1.82, 2.24) is 0 Å². The highest BCUT2D eigenvalue weighted by Gasteiger charge is 2.13. The number of aliphatic carboxylic acids is 1. The van der Waals surface area contributed by atoms with Crippen LogP contribution in [0, 0.1) is 0 Å². The molecule has 0 rings (SSSR count). The van der Waals surface area contributed by atoms with Crippen LogP contribution in [0.2, 0.25) is 0 Å². The van der Waals surface area contributed by atoms with E-state index < -0.39 is 24.5 Å². The number of alkyl halides is 1. The number of hydrogen-bond donors (Lipinski definition) is 2. The zero-order chi connectivity index (χ0) is 8.85. The lowest BCUT2D eigenvalue weighted by atomic mass is 10.1. The molecule has 0 saturated carbocycles. The first-order valence-corrected chi connectivity index (χ1v) is 3.14. The van der Waals surface area contributed by atoms with Gasteiger partial charge in [0.05, 0.1) is 6.04 Å². The van der Waals surface area contributed by atoms with Crippen molar-refractivity contribution in [3.05, 3.63) is 0 Å². The molecule has 0 bridgehead atoms. The summed E-state index contributed by atoms with van der Waals surface area (Å²) in [6.07, 6.45) is -0.203. The number of Topliss-reactive ketones (excluding diaryl/α,β-unsaturated/α-hetero) is 1. The molecule has 11 heavy (non-hydrogen) atoms. The Kier molecular flexibility index (Phi) is 4.36. The van der Waals surface area contributed by atoms with Gasteiger partial charge in [-0.3, -0.25) is 9.59 Å². The SMILES string of the molecule is NC(CCC(=O)O)C(=O)CF.